The van der Waals surface area contributed by atoms with Crippen LogP contribution in [-0.4, -0.2) is 17.7 Å². The molecular formula is C10H13F3N2. The molecule has 1 aromatic rings. The molecule has 1 aromatic heterocycles. The third kappa shape index (κ3) is 1.65. The summed E-state index contributed by atoms with van der Waals surface area (Å²) < 4.78 is 39.2. The molecule has 0 saturated carbocycles. The Bertz CT molecular complexity index is 310. The van der Waals surface area contributed by atoms with Crippen LogP contribution in [0.15, 0.2) is 18.3 Å². The molecule has 1 atom stereocenters. The van der Waals surface area contributed by atoms with E-state index >= 15 is 0 Å². The Morgan fingerprint density at radius 2 is 2.07 bits per heavy atom. The molecule has 1 saturated heterocycles. The summed E-state index contributed by atoms with van der Waals surface area (Å²) in [5.41, 5.74) is -1.65. The molecule has 1 aliphatic rings. The van der Waals surface area contributed by atoms with E-state index in [2.05, 4.69) is 10.3 Å². The van der Waals surface area contributed by atoms with Crippen molar-refractivity contribution >= 4 is 0 Å². The van der Waals surface area contributed by atoms with Crippen molar-refractivity contribution in [2.24, 2.45) is 0 Å². The molecule has 5 heteroatoms. The van der Waals surface area contributed by atoms with Crippen LogP contribution in [0.5, 0.6) is 0 Å². The van der Waals surface area contributed by atoms with Crippen molar-refractivity contribution in [3.8, 4) is 0 Å². The van der Waals surface area contributed by atoms with E-state index in [1.165, 1.54) is 12.3 Å². The topological polar surface area (TPSA) is 27.8 Å². The summed E-state index contributed by atoms with van der Waals surface area (Å²) >= 11 is 0. The van der Waals surface area contributed by atoms with Crippen molar-refractivity contribution in [1.29, 1.82) is 0 Å². The van der Waals surface area contributed by atoms with Crippen molar-refractivity contribution in [2.75, 3.05) is 6.54 Å². The zero-order chi connectivity index (χ0) is 10.9. The average Bonchev–Trinajstić information content (AvgIpc) is 2.70. The standard InChI is InChI=1S/C10H13F3N2/c11-10(12,13)9(5-1-2-7-15-9)8-4-3-6-14-8/h3-4,6,14-15H,1-2,5,7H2. The molecule has 15 heavy (non-hydrogen) atoms. The monoisotopic (exact) mass is 218 g/mol. The average molecular weight is 218 g/mol. The molecule has 2 nitrogen and oxygen atoms in total. The Balaban J connectivity index is 2.39. The van der Waals surface area contributed by atoms with E-state index in [-0.39, 0.29) is 12.1 Å². The van der Waals surface area contributed by atoms with E-state index in [9.17, 15) is 13.2 Å². The minimum absolute atomic E-state index is 0.108. The van der Waals surface area contributed by atoms with Crippen LogP contribution in [0, 0.1) is 0 Å². The summed E-state index contributed by atoms with van der Waals surface area (Å²) in [4.78, 5) is 2.67. The second-order valence-corrected chi connectivity index (χ2v) is 3.87. The van der Waals surface area contributed by atoms with Gasteiger partial charge in [0.2, 0.25) is 0 Å². The number of aromatic amines is 1. The molecule has 0 aromatic carbocycles. The molecule has 0 spiro atoms. The lowest BCUT2D eigenvalue weighted by atomic mass is 9.85. The highest BCUT2D eigenvalue weighted by atomic mass is 19.4. The second-order valence-electron chi connectivity index (χ2n) is 3.87. The molecule has 0 radical (unpaired) electrons. The van der Waals surface area contributed by atoms with Gasteiger partial charge < -0.3 is 4.98 Å². The first kappa shape index (κ1) is 10.5. The van der Waals surface area contributed by atoms with Gasteiger partial charge in [-0.2, -0.15) is 13.2 Å². The predicted octanol–water partition coefficient (Wildman–Crippen LogP) is 2.55. The first-order valence-corrected chi connectivity index (χ1v) is 5.02. The molecule has 1 unspecified atom stereocenters. The fraction of sp³-hybridized carbons (Fsp3) is 0.600. The van der Waals surface area contributed by atoms with Crippen LogP contribution in [0.2, 0.25) is 0 Å². The van der Waals surface area contributed by atoms with Crippen molar-refractivity contribution in [1.82, 2.24) is 10.3 Å². The lowest BCUT2D eigenvalue weighted by Crippen LogP contribution is -2.56. The lowest BCUT2D eigenvalue weighted by molar-refractivity contribution is -0.208. The molecule has 84 valence electrons. The van der Waals surface area contributed by atoms with Gasteiger partial charge in [-0.25, -0.2) is 0 Å². The van der Waals surface area contributed by atoms with E-state index in [0.717, 1.165) is 6.42 Å². The molecule has 2 heterocycles. The lowest BCUT2D eigenvalue weighted by Gasteiger charge is -2.39. The Morgan fingerprint density at radius 3 is 2.53 bits per heavy atom. The van der Waals surface area contributed by atoms with Crippen LogP contribution in [0.25, 0.3) is 0 Å². The summed E-state index contributed by atoms with van der Waals surface area (Å²) in [5, 5.41) is 2.62. The number of piperidine rings is 1. The molecule has 2 rings (SSSR count). The van der Waals surface area contributed by atoms with Crippen LogP contribution in [-0.2, 0) is 5.54 Å². The second kappa shape index (κ2) is 3.56. The van der Waals surface area contributed by atoms with Gasteiger partial charge in [-0.3, -0.25) is 5.32 Å². The number of nitrogens with one attached hydrogen (secondary N) is 2. The maximum atomic E-state index is 13.1. The summed E-state index contributed by atoms with van der Waals surface area (Å²) in [6, 6.07) is 3.09. The summed E-state index contributed by atoms with van der Waals surface area (Å²) in [7, 11) is 0. The molecule has 1 aliphatic heterocycles. The third-order valence-electron chi connectivity index (χ3n) is 2.95. The normalized spacial score (nSPS) is 27.9. The van der Waals surface area contributed by atoms with Gasteiger partial charge in [0.1, 0.15) is 0 Å². The van der Waals surface area contributed by atoms with E-state index in [1.807, 2.05) is 0 Å². The molecule has 0 amide bonds. The largest absolute Gasteiger partial charge is 0.412 e. The van der Waals surface area contributed by atoms with Gasteiger partial charge >= 0.3 is 6.18 Å². The Kier molecular flexibility index (Phi) is 2.50. The van der Waals surface area contributed by atoms with Crippen molar-refractivity contribution in [2.45, 2.75) is 31.0 Å². The van der Waals surface area contributed by atoms with Gasteiger partial charge in [-0.15, -0.1) is 0 Å². The SMILES string of the molecule is FC(F)(F)C1(c2ccc[nH]2)CCCCN1. The summed E-state index contributed by atoms with van der Waals surface area (Å²) in [6.07, 6.45) is -1.21. The minimum Gasteiger partial charge on any atom is -0.363 e. The van der Waals surface area contributed by atoms with Crippen molar-refractivity contribution < 1.29 is 13.2 Å². The zero-order valence-electron chi connectivity index (χ0n) is 8.19. The van der Waals surface area contributed by atoms with Gasteiger partial charge in [0, 0.05) is 11.9 Å². The van der Waals surface area contributed by atoms with E-state index in [1.54, 1.807) is 6.07 Å². The van der Waals surface area contributed by atoms with E-state index in [0.29, 0.717) is 13.0 Å². The summed E-state index contributed by atoms with van der Waals surface area (Å²) in [6.45, 7) is 0.415. The number of hydrogen-bond donors (Lipinski definition) is 2. The fourth-order valence-corrected chi connectivity index (χ4v) is 2.13. The van der Waals surface area contributed by atoms with Gasteiger partial charge in [0.05, 0.1) is 0 Å². The van der Waals surface area contributed by atoms with Crippen LogP contribution >= 0.6 is 0 Å². The van der Waals surface area contributed by atoms with Crippen LogP contribution < -0.4 is 5.32 Å². The Hall–Kier alpha value is -0.970. The first-order chi connectivity index (χ1) is 7.06. The van der Waals surface area contributed by atoms with Crippen LogP contribution in [0.3, 0.4) is 0 Å². The number of hydrogen-bond acceptors (Lipinski definition) is 1. The zero-order valence-corrected chi connectivity index (χ0v) is 8.19. The molecular weight excluding hydrogens is 205 g/mol. The van der Waals surface area contributed by atoms with Gasteiger partial charge in [0.15, 0.2) is 5.54 Å². The quantitative estimate of drug-likeness (QED) is 0.744. The van der Waals surface area contributed by atoms with E-state index < -0.39 is 11.7 Å². The molecule has 0 bridgehead atoms. The highest BCUT2D eigenvalue weighted by molar-refractivity contribution is 5.20. The van der Waals surface area contributed by atoms with Crippen LogP contribution in [0.4, 0.5) is 13.2 Å². The Morgan fingerprint density at radius 1 is 1.27 bits per heavy atom. The summed E-state index contributed by atoms with van der Waals surface area (Å²) in [5.74, 6) is 0. The molecule has 2 N–H and O–H groups in total. The predicted molar refractivity (Wildman–Crippen MR) is 50.4 cm³/mol. The fourth-order valence-electron chi connectivity index (χ4n) is 2.13. The number of halogens is 3. The third-order valence-corrected chi connectivity index (χ3v) is 2.95. The van der Waals surface area contributed by atoms with Crippen LogP contribution in [0.1, 0.15) is 25.0 Å². The van der Waals surface area contributed by atoms with E-state index in [4.69, 9.17) is 0 Å². The minimum atomic E-state index is -4.25. The maximum Gasteiger partial charge on any atom is 0.412 e. The first-order valence-electron chi connectivity index (χ1n) is 5.02. The number of H-pyrrole nitrogens is 1. The number of alkyl halides is 3. The number of aromatic nitrogens is 1. The smallest absolute Gasteiger partial charge is 0.363 e. The highest BCUT2D eigenvalue weighted by Crippen LogP contribution is 2.43. The van der Waals surface area contributed by atoms with Crippen molar-refractivity contribution in [3.05, 3.63) is 24.0 Å². The molecule has 0 aliphatic carbocycles. The van der Waals surface area contributed by atoms with Gasteiger partial charge in [0.25, 0.3) is 0 Å². The molecule has 1 fully saturated rings. The Labute approximate surface area is 85.9 Å². The maximum absolute atomic E-state index is 13.1. The van der Waals surface area contributed by atoms with Crippen molar-refractivity contribution in [3.63, 3.8) is 0 Å². The van der Waals surface area contributed by atoms with Gasteiger partial charge in [-0.1, -0.05) is 0 Å². The highest BCUT2D eigenvalue weighted by Gasteiger charge is 2.56. The van der Waals surface area contributed by atoms with Gasteiger partial charge in [-0.05, 0) is 37.9 Å². The number of rotatable bonds is 1.